The molecule has 0 spiro atoms. The van der Waals surface area contributed by atoms with E-state index in [9.17, 15) is 4.79 Å². The van der Waals surface area contributed by atoms with Crippen molar-refractivity contribution in [1.29, 1.82) is 0 Å². The molecule has 1 saturated heterocycles. The lowest BCUT2D eigenvalue weighted by Gasteiger charge is -2.36. The summed E-state index contributed by atoms with van der Waals surface area (Å²) >= 11 is 0. The summed E-state index contributed by atoms with van der Waals surface area (Å²) in [6.45, 7) is 1.58. The van der Waals surface area contributed by atoms with Crippen LogP contribution in [0.15, 0.2) is 49.1 Å². The Morgan fingerprint density at radius 2 is 1.96 bits per heavy atom. The molecule has 3 aromatic rings. The Morgan fingerprint density at radius 1 is 1.19 bits per heavy atom. The zero-order valence-electron chi connectivity index (χ0n) is 14.1. The van der Waals surface area contributed by atoms with Crippen LogP contribution in [0, 0.1) is 0 Å². The average Bonchev–Trinajstić information content (AvgIpc) is 3.37. The number of nitrogens with zero attached hydrogens (tertiary/aromatic N) is 4. The topological polar surface area (TPSA) is 101 Å². The maximum absolute atomic E-state index is 13.1. The van der Waals surface area contributed by atoms with Gasteiger partial charge < -0.3 is 10.6 Å². The van der Waals surface area contributed by atoms with Crippen molar-refractivity contribution in [2.75, 3.05) is 18.4 Å². The second-order valence-corrected chi connectivity index (χ2v) is 6.10. The highest BCUT2D eigenvalue weighted by molar-refractivity contribution is 5.96. The van der Waals surface area contributed by atoms with Gasteiger partial charge in [0.05, 0.1) is 0 Å². The fourth-order valence-electron chi connectivity index (χ4n) is 3.23. The molecule has 2 aromatic heterocycles. The number of aromatic nitrogens is 5. The smallest absolute Gasteiger partial charge is 0.252 e. The maximum Gasteiger partial charge on any atom is 0.252 e. The van der Waals surface area contributed by atoms with Crippen LogP contribution >= 0.6 is 12.4 Å². The van der Waals surface area contributed by atoms with Gasteiger partial charge in [-0.15, -0.1) is 12.4 Å². The highest BCUT2D eigenvalue weighted by Gasteiger charge is 2.42. The summed E-state index contributed by atoms with van der Waals surface area (Å²) in [5, 5.41) is 17.3. The predicted octanol–water partition coefficient (Wildman–Crippen LogP) is 1.81. The number of benzene rings is 1. The van der Waals surface area contributed by atoms with Gasteiger partial charge in [-0.05, 0) is 56.3 Å². The number of nitrogens with one attached hydrogen (secondary N) is 3. The van der Waals surface area contributed by atoms with Gasteiger partial charge in [0.15, 0.2) is 5.82 Å². The Bertz CT molecular complexity index is 825. The van der Waals surface area contributed by atoms with Crippen LogP contribution in [0.5, 0.6) is 0 Å². The van der Waals surface area contributed by atoms with E-state index in [4.69, 9.17) is 0 Å². The van der Waals surface area contributed by atoms with Gasteiger partial charge in [0, 0.05) is 23.6 Å². The molecule has 1 aliphatic rings. The van der Waals surface area contributed by atoms with Gasteiger partial charge in [0.25, 0.3) is 5.91 Å². The largest absolute Gasteiger partial charge is 0.324 e. The Kier molecular flexibility index (Phi) is 5.34. The summed E-state index contributed by atoms with van der Waals surface area (Å²) in [7, 11) is 0. The highest BCUT2D eigenvalue weighted by Crippen LogP contribution is 2.29. The van der Waals surface area contributed by atoms with Crippen LogP contribution in [-0.2, 0) is 10.3 Å². The molecule has 9 heteroatoms. The molecule has 3 heterocycles. The second kappa shape index (κ2) is 7.67. The van der Waals surface area contributed by atoms with Crippen LogP contribution in [-0.4, -0.2) is 44.0 Å². The summed E-state index contributed by atoms with van der Waals surface area (Å²) in [5.74, 6) is 0.661. The number of H-pyrrole nitrogens is 1. The minimum Gasteiger partial charge on any atom is -0.324 e. The van der Waals surface area contributed by atoms with Gasteiger partial charge in [0.2, 0.25) is 0 Å². The molecule has 0 unspecified atom stereocenters. The zero-order valence-corrected chi connectivity index (χ0v) is 14.9. The van der Waals surface area contributed by atoms with E-state index < -0.39 is 5.54 Å². The van der Waals surface area contributed by atoms with Crippen molar-refractivity contribution in [1.82, 2.24) is 30.3 Å². The number of hydrogen-bond donors (Lipinski definition) is 3. The molecule has 3 N–H and O–H groups in total. The van der Waals surface area contributed by atoms with Crippen LogP contribution in [0.25, 0.3) is 11.4 Å². The molecule has 136 valence electrons. The van der Waals surface area contributed by atoms with Gasteiger partial charge in [-0.1, -0.05) is 0 Å². The Balaban J connectivity index is 0.00000196. The van der Waals surface area contributed by atoms with E-state index in [1.165, 1.54) is 6.33 Å². The molecule has 4 rings (SSSR count). The first kappa shape index (κ1) is 18.1. The Hall–Kier alpha value is -2.71. The van der Waals surface area contributed by atoms with Crippen molar-refractivity contribution in [3.8, 4) is 11.4 Å². The van der Waals surface area contributed by atoms with E-state index in [0.717, 1.165) is 24.3 Å². The summed E-state index contributed by atoms with van der Waals surface area (Å²) in [4.78, 5) is 17.2. The van der Waals surface area contributed by atoms with Gasteiger partial charge in [-0.3, -0.25) is 14.6 Å². The molecular formula is C17H20ClN7O. The number of amides is 1. The molecule has 1 fully saturated rings. The molecule has 1 amide bonds. The number of anilines is 1. The molecule has 0 atom stereocenters. The van der Waals surface area contributed by atoms with Crippen LogP contribution in [0.3, 0.4) is 0 Å². The molecule has 0 saturated carbocycles. The van der Waals surface area contributed by atoms with E-state index in [2.05, 4.69) is 30.9 Å². The quantitative estimate of drug-likeness (QED) is 0.647. The minimum absolute atomic E-state index is 0. The number of rotatable bonds is 4. The fraction of sp³-hybridized carbons (Fsp3) is 0.294. The van der Waals surface area contributed by atoms with E-state index in [-0.39, 0.29) is 18.3 Å². The molecule has 0 aliphatic carbocycles. The fourth-order valence-corrected chi connectivity index (χ4v) is 3.23. The molecule has 26 heavy (non-hydrogen) atoms. The van der Waals surface area contributed by atoms with E-state index in [1.807, 2.05) is 36.5 Å². The SMILES string of the molecule is Cl.O=C(Nc1ccc(-c2ncn[nH]2)cc1)C1(n2cccn2)CCNCC1. The molecule has 0 radical (unpaired) electrons. The number of aromatic amines is 1. The van der Waals surface area contributed by atoms with Crippen molar-refractivity contribution in [2.45, 2.75) is 18.4 Å². The summed E-state index contributed by atoms with van der Waals surface area (Å²) in [6.07, 6.45) is 6.45. The van der Waals surface area contributed by atoms with Gasteiger partial charge >= 0.3 is 0 Å². The number of hydrogen-bond acceptors (Lipinski definition) is 5. The minimum atomic E-state index is -0.654. The van der Waals surface area contributed by atoms with Crippen molar-refractivity contribution in [3.05, 3.63) is 49.1 Å². The monoisotopic (exact) mass is 373 g/mol. The molecule has 8 nitrogen and oxygen atoms in total. The third-order valence-electron chi connectivity index (χ3n) is 4.63. The number of carbonyl (C=O) groups excluding carboxylic acids is 1. The van der Waals surface area contributed by atoms with Crippen molar-refractivity contribution >= 4 is 24.0 Å². The van der Waals surface area contributed by atoms with E-state index in [1.54, 1.807) is 10.9 Å². The standard InChI is InChI=1S/C17H19N7O.ClH/c25-16(17(6-9-18-10-7-17)24-11-1-8-21-24)22-14-4-2-13(3-5-14)15-19-12-20-23-15;/h1-5,8,11-12,18H,6-7,9-10H2,(H,22,25)(H,19,20,23);1H. The number of carbonyl (C=O) groups is 1. The first-order chi connectivity index (χ1) is 12.3. The summed E-state index contributed by atoms with van der Waals surface area (Å²) < 4.78 is 1.78. The van der Waals surface area contributed by atoms with Crippen molar-refractivity contribution in [2.24, 2.45) is 0 Å². The molecule has 1 aromatic carbocycles. The predicted molar refractivity (Wildman–Crippen MR) is 100 cm³/mol. The molecule has 1 aliphatic heterocycles. The van der Waals surface area contributed by atoms with Crippen molar-refractivity contribution in [3.63, 3.8) is 0 Å². The van der Waals surface area contributed by atoms with Crippen LogP contribution in [0.2, 0.25) is 0 Å². The molecular weight excluding hydrogens is 354 g/mol. The Morgan fingerprint density at radius 3 is 2.58 bits per heavy atom. The van der Waals surface area contributed by atoms with Gasteiger partial charge in [-0.2, -0.15) is 10.2 Å². The van der Waals surface area contributed by atoms with Crippen LogP contribution in [0.1, 0.15) is 12.8 Å². The van der Waals surface area contributed by atoms with E-state index in [0.29, 0.717) is 18.7 Å². The number of piperidine rings is 1. The van der Waals surface area contributed by atoms with Gasteiger partial charge in [0.1, 0.15) is 11.9 Å². The van der Waals surface area contributed by atoms with Gasteiger partial charge in [-0.25, -0.2) is 4.98 Å². The summed E-state index contributed by atoms with van der Waals surface area (Å²) in [6, 6.07) is 9.39. The highest BCUT2D eigenvalue weighted by atomic mass is 35.5. The second-order valence-electron chi connectivity index (χ2n) is 6.10. The first-order valence-electron chi connectivity index (χ1n) is 8.26. The number of halogens is 1. The first-order valence-corrected chi connectivity index (χ1v) is 8.26. The summed E-state index contributed by atoms with van der Waals surface area (Å²) in [5.41, 5.74) is 1.01. The third-order valence-corrected chi connectivity index (χ3v) is 4.63. The maximum atomic E-state index is 13.1. The average molecular weight is 374 g/mol. The third kappa shape index (κ3) is 3.33. The van der Waals surface area contributed by atoms with Crippen molar-refractivity contribution < 1.29 is 4.79 Å². The lowest BCUT2D eigenvalue weighted by Crippen LogP contribution is -2.52. The normalized spacial score (nSPS) is 15.8. The zero-order chi connectivity index (χ0) is 17.1. The molecule has 0 bridgehead atoms. The lowest BCUT2D eigenvalue weighted by atomic mass is 9.87. The van der Waals surface area contributed by atoms with E-state index >= 15 is 0 Å². The lowest BCUT2D eigenvalue weighted by molar-refractivity contribution is -0.126. The Labute approximate surface area is 156 Å². The van der Waals surface area contributed by atoms with Crippen LogP contribution < -0.4 is 10.6 Å². The van der Waals surface area contributed by atoms with Crippen LogP contribution in [0.4, 0.5) is 5.69 Å².